The van der Waals surface area contributed by atoms with Crippen molar-refractivity contribution in [3.8, 4) is 0 Å². The summed E-state index contributed by atoms with van der Waals surface area (Å²) in [5.74, 6) is 1.53. The molecule has 26 heavy (non-hydrogen) atoms. The van der Waals surface area contributed by atoms with Gasteiger partial charge in [0.2, 0.25) is 5.91 Å². The fraction of sp³-hybridized carbons (Fsp3) is 0.579. The highest BCUT2D eigenvalue weighted by Crippen LogP contribution is 2.44. The number of likely N-dealkylation sites (tertiary alicyclic amines) is 1. The van der Waals surface area contributed by atoms with Gasteiger partial charge < -0.3 is 9.80 Å². The molecule has 0 aromatic heterocycles. The minimum absolute atomic E-state index is 0.0488. The fourth-order valence-corrected chi connectivity index (χ4v) is 5.75. The largest absolute Gasteiger partial charge is 0.338 e. The molecule has 4 nitrogen and oxygen atoms in total. The van der Waals surface area contributed by atoms with Gasteiger partial charge in [-0.05, 0) is 37.0 Å². The first kappa shape index (κ1) is 19.8. The van der Waals surface area contributed by atoms with Crippen molar-refractivity contribution in [2.75, 3.05) is 25.4 Å². The van der Waals surface area contributed by atoms with Crippen LogP contribution in [0.3, 0.4) is 0 Å². The van der Waals surface area contributed by atoms with Crippen molar-refractivity contribution in [2.24, 2.45) is 5.92 Å². The maximum atomic E-state index is 12.8. The normalized spacial score (nSPS) is 19.4. The van der Waals surface area contributed by atoms with Gasteiger partial charge in [0.25, 0.3) is 5.91 Å². The molecular formula is C19H24Cl2N2O2S. The third kappa shape index (κ3) is 4.15. The van der Waals surface area contributed by atoms with E-state index in [1.54, 1.807) is 18.2 Å². The average Bonchev–Trinajstić information content (AvgIpc) is 2.97. The first-order chi connectivity index (χ1) is 12.3. The zero-order chi connectivity index (χ0) is 18.9. The van der Waals surface area contributed by atoms with Gasteiger partial charge in [0.05, 0.1) is 4.87 Å². The minimum atomic E-state index is -0.144. The Balaban J connectivity index is 1.68. The molecule has 2 saturated heterocycles. The highest BCUT2D eigenvalue weighted by atomic mass is 35.5. The number of hydrogen-bond acceptors (Lipinski definition) is 3. The molecule has 0 bridgehead atoms. The molecule has 7 heteroatoms. The third-order valence-electron chi connectivity index (χ3n) is 5.00. The van der Waals surface area contributed by atoms with Crippen molar-refractivity contribution in [1.29, 1.82) is 0 Å². The van der Waals surface area contributed by atoms with Crippen LogP contribution in [0, 0.1) is 5.92 Å². The van der Waals surface area contributed by atoms with E-state index in [1.165, 1.54) is 0 Å². The second-order valence-corrected chi connectivity index (χ2v) is 9.72. The molecule has 1 aromatic rings. The second-order valence-electron chi connectivity index (χ2n) is 7.39. The van der Waals surface area contributed by atoms with Gasteiger partial charge in [0.1, 0.15) is 0 Å². The fourth-order valence-electron chi connectivity index (χ4n) is 3.75. The Morgan fingerprint density at radius 3 is 2.31 bits per heavy atom. The second kappa shape index (κ2) is 7.99. The molecule has 2 amide bonds. The topological polar surface area (TPSA) is 40.6 Å². The van der Waals surface area contributed by atoms with E-state index in [4.69, 9.17) is 23.2 Å². The quantitative estimate of drug-likeness (QED) is 0.728. The van der Waals surface area contributed by atoms with Gasteiger partial charge in [0.15, 0.2) is 0 Å². The van der Waals surface area contributed by atoms with Crippen LogP contribution in [0.5, 0.6) is 0 Å². The molecule has 3 rings (SSSR count). The summed E-state index contributed by atoms with van der Waals surface area (Å²) in [6, 6.07) is 4.93. The SMILES string of the molecule is CC(C)CC(=O)N1CCSC12CCN(C(=O)c1cc(Cl)cc(Cl)c1)CC2. The Kier molecular flexibility index (Phi) is 6.10. The van der Waals surface area contributed by atoms with Gasteiger partial charge in [-0.1, -0.05) is 37.0 Å². The lowest BCUT2D eigenvalue weighted by Crippen LogP contribution is -2.53. The van der Waals surface area contributed by atoms with Gasteiger partial charge in [-0.3, -0.25) is 9.59 Å². The molecule has 2 aliphatic heterocycles. The number of carbonyl (C=O) groups is 2. The minimum Gasteiger partial charge on any atom is -0.338 e. The Bertz CT molecular complexity index is 683. The molecule has 1 aromatic carbocycles. The summed E-state index contributed by atoms with van der Waals surface area (Å²) in [5, 5.41) is 0.928. The van der Waals surface area contributed by atoms with Crippen LogP contribution in [-0.2, 0) is 4.79 Å². The van der Waals surface area contributed by atoms with Crippen LogP contribution in [0.2, 0.25) is 10.0 Å². The van der Waals surface area contributed by atoms with E-state index >= 15 is 0 Å². The van der Waals surface area contributed by atoms with Crippen molar-refractivity contribution >= 4 is 46.8 Å². The van der Waals surface area contributed by atoms with Crippen molar-refractivity contribution in [1.82, 2.24) is 9.80 Å². The van der Waals surface area contributed by atoms with Gasteiger partial charge in [0, 0.05) is 47.4 Å². The van der Waals surface area contributed by atoms with Crippen LogP contribution in [0.4, 0.5) is 0 Å². The molecule has 2 aliphatic rings. The number of hydrogen-bond donors (Lipinski definition) is 0. The van der Waals surface area contributed by atoms with Gasteiger partial charge in [-0.25, -0.2) is 0 Å². The number of halogens is 2. The van der Waals surface area contributed by atoms with E-state index in [2.05, 4.69) is 18.7 Å². The number of amides is 2. The number of thioether (sulfide) groups is 1. The summed E-state index contributed by atoms with van der Waals surface area (Å²) in [6.45, 7) is 6.24. The van der Waals surface area contributed by atoms with Gasteiger partial charge >= 0.3 is 0 Å². The van der Waals surface area contributed by atoms with E-state index in [9.17, 15) is 9.59 Å². The van der Waals surface area contributed by atoms with Crippen LogP contribution in [0.1, 0.15) is 43.5 Å². The molecule has 0 atom stereocenters. The first-order valence-electron chi connectivity index (χ1n) is 9.00. The summed E-state index contributed by atoms with van der Waals surface area (Å²) in [7, 11) is 0. The Hall–Kier alpha value is -0.910. The Labute approximate surface area is 169 Å². The summed E-state index contributed by atoms with van der Waals surface area (Å²) in [4.78, 5) is 29.2. The number of nitrogens with zero attached hydrogens (tertiary/aromatic N) is 2. The Morgan fingerprint density at radius 2 is 1.73 bits per heavy atom. The number of piperidine rings is 1. The molecule has 2 fully saturated rings. The van der Waals surface area contributed by atoms with E-state index in [0.29, 0.717) is 41.0 Å². The smallest absolute Gasteiger partial charge is 0.253 e. The maximum absolute atomic E-state index is 12.8. The first-order valence-corrected chi connectivity index (χ1v) is 10.7. The molecule has 0 aliphatic carbocycles. The molecule has 0 unspecified atom stereocenters. The summed E-state index contributed by atoms with van der Waals surface area (Å²) < 4.78 is 0. The van der Waals surface area contributed by atoms with E-state index in [-0.39, 0.29) is 16.7 Å². The average molecular weight is 415 g/mol. The zero-order valence-corrected chi connectivity index (χ0v) is 17.5. The standard InChI is InChI=1S/C19H24Cl2N2O2S/c1-13(2)9-17(24)23-7-8-26-19(23)3-5-22(6-4-19)18(25)14-10-15(20)12-16(21)11-14/h10-13H,3-9H2,1-2H3. The lowest BCUT2D eigenvalue weighted by atomic mass is 9.99. The molecule has 0 saturated carbocycles. The van der Waals surface area contributed by atoms with Crippen molar-refractivity contribution in [2.45, 2.75) is 38.0 Å². The predicted octanol–water partition coefficient (Wildman–Crippen LogP) is 4.55. The van der Waals surface area contributed by atoms with Crippen LogP contribution >= 0.6 is 35.0 Å². The van der Waals surface area contributed by atoms with E-state index in [1.807, 2.05) is 16.7 Å². The Morgan fingerprint density at radius 1 is 1.12 bits per heavy atom. The molecule has 1 spiro atoms. The monoisotopic (exact) mass is 414 g/mol. The lowest BCUT2D eigenvalue weighted by Gasteiger charge is -2.44. The van der Waals surface area contributed by atoms with Crippen LogP contribution < -0.4 is 0 Å². The van der Waals surface area contributed by atoms with Gasteiger partial charge in [-0.15, -0.1) is 11.8 Å². The lowest BCUT2D eigenvalue weighted by molar-refractivity contribution is -0.135. The number of carbonyl (C=O) groups excluding carboxylic acids is 2. The van der Waals surface area contributed by atoms with Gasteiger partial charge in [-0.2, -0.15) is 0 Å². The molecular weight excluding hydrogens is 391 g/mol. The predicted molar refractivity (Wildman–Crippen MR) is 108 cm³/mol. The van der Waals surface area contributed by atoms with Crippen molar-refractivity contribution in [3.63, 3.8) is 0 Å². The van der Waals surface area contributed by atoms with E-state index < -0.39 is 0 Å². The molecule has 2 heterocycles. The maximum Gasteiger partial charge on any atom is 0.253 e. The number of rotatable bonds is 3. The van der Waals surface area contributed by atoms with Crippen LogP contribution in [0.25, 0.3) is 0 Å². The summed E-state index contributed by atoms with van der Waals surface area (Å²) >= 11 is 13.9. The number of benzene rings is 1. The molecule has 0 radical (unpaired) electrons. The third-order valence-corrected chi connectivity index (χ3v) is 6.99. The van der Waals surface area contributed by atoms with Crippen molar-refractivity contribution in [3.05, 3.63) is 33.8 Å². The van der Waals surface area contributed by atoms with Crippen LogP contribution in [-0.4, -0.2) is 51.9 Å². The summed E-state index contributed by atoms with van der Waals surface area (Å²) in [5.41, 5.74) is 0.519. The van der Waals surface area contributed by atoms with Crippen LogP contribution in [0.15, 0.2) is 18.2 Å². The van der Waals surface area contributed by atoms with Crippen molar-refractivity contribution < 1.29 is 9.59 Å². The zero-order valence-electron chi connectivity index (χ0n) is 15.1. The highest BCUT2D eigenvalue weighted by molar-refractivity contribution is 8.00. The summed E-state index contributed by atoms with van der Waals surface area (Å²) in [6.07, 6.45) is 2.20. The van der Waals surface area contributed by atoms with E-state index in [0.717, 1.165) is 25.1 Å². The molecule has 142 valence electrons. The molecule has 0 N–H and O–H groups in total. The highest BCUT2D eigenvalue weighted by Gasteiger charge is 2.46.